The first-order valence-corrected chi connectivity index (χ1v) is 6.15. The minimum absolute atomic E-state index is 0.223. The molecule has 5 heteroatoms. The van der Waals surface area contributed by atoms with Gasteiger partial charge in [0, 0.05) is 16.6 Å². The van der Waals surface area contributed by atoms with Crippen molar-refractivity contribution in [1.29, 1.82) is 0 Å². The Hall–Kier alpha value is -1.03. The first-order chi connectivity index (χ1) is 8.16. The average Bonchev–Trinajstić information content (AvgIpc) is 2.85. The van der Waals surface area contributed by atoms with E-state index in [9.17, 15) is 0 Å². The van der Waals surface area contributed by atoms with Crippen LogP contribution in [0, 0.1) is 0 Å². The standard InChI is InChI=1S/C12H11Cl2N3/c13-7-1-2-9(14)8(3-7)12-5-16-6-17(12)11-4-10(11)15/h1-3,5-6,10-11H,4,15H2. The molecule has 1 heterocycles. The van der Waals surface area contributed by atoms with Crippen LogP contribution < -0.4 is 5.73 Å². The molecule has 0 aliphatic heterocycles. The monoisotopic (exact) mass is 267 g/mol. The highest BCUT2D eigenvalue weighted by Gasteiger charge is 2.36. The van der Waals surface area contributed by atoms with Crippen molar-refractivity contribution in [2.24, 2.45) is 5.73 Å². The van der Waals surface area contributed by atoms with Gasteiger partial charge in [-0.2, -0.15) is 0 Å². The molecule has 1 aliphatic rings. The van der Waals surface area contributed by atoms with Crippen LogP contribution in [0.5, 0.6) is 0 Å². The maximum atomic E-state index is 6.19. The molecule has 1 aromatic heterocycles. The van der Waals surface area contributed by atoms with Gasteiger partial charge in [0.2, 0.25) is 0 Å². The van der Waals surface area contributed by atoms with Crippen molar-refractivity contribution in [3.05, 3.63) is 40.8 Å². The van der Waals surface area contributed by atoms with Crippen molar-refractivity contribution in [1.82, 2.24) is 9.55 Å². The fraction of sp³-hybridized carbons (Fsp3) is 0.250. The van der Waals surface area contributed by atoms with Crippen molar-refractivity contribution in [3.63, 3.8) is 0 Å². The lowest BCUT2D eigenvalue weighted by Crippen LogP contribution is -2.06. The predicted octanol–water partition coefficient (Wildman–Crippen LogP) is 3.13. The van der Waals surface area contributed by atoms with Crippen molar-refractivity contribution < 1.29 is 0 Å². The molecule has 2 atom stereocenters. The summed E-state index contributed by atoms with van der Waals surface area (Å²) in [6, 6.07) is 5.98. The number of hydrogen-bond acceptors (Lipinski definition) is 2. The Morgan fingerprint density at radius 3 is 2.82 bits per heavy atom. The molecule has 2 N–H and O–H groups in total. The molecule has 17 heavy (non-hydrogen) atoms. The van der Waals surface area contributed by atoms with Gasteiger partial charge in [0.1, 0.15) is 0 Å². The van der Waals surface area contributed by atoms with E-state index in [1.165, 1.54) is 0 Å². The Morgan fingerprint density at radius 1 is 1.35 bits per heavy atom. The molecule has 2 aromatic rings. The Bertz CT molecular complexity index is 565. The van der Waals surface area contributed by atoms with E-state index >= 15 is 0 Å². The number of halogens is 2. The summed E-state index contributed by atoms with van der Waals surface area (Å²) in [5.41, 5.74) is 7.73. The summed E-state index contributed by atoms with van der Waals surface area (Å²) in [5.74, 6) is 0. The van der Waals surface area contributed by atoms with E-state index in [1.54, 1.807) is 24.7 Å². The van der Waals surface area contributed by atoms with Crippen LogP contribution in [0.2, 0.25) is 10.0 Å². The molecule has 3 nitrogen and oxygen atoms in total. The van der Waals surface area contributed by atoms with Crippen molar-refractivity contribution in [3.8, 4) is 11.3 Å². The van der Waals surface area contributed by atoms with Crippen LogP contribution in [0.4, 0.5) is 0 Å². The lowest BCUT2D eigenvalue weighted by atomic mass is 10.1. The van der Waals surface area contributed by atoms with E-state index in [1.807, 2.05) is 6.07 Å². The van der Waals surface area contributed by atoms with Gasteiger partial charge in [-0.05, 0) is 24.6 Å². The molecule has 0 amide bonds. The van der Waals surface area contributed by atoms with E-state index < -0.39 is 0 Å². The highest BCUT2D eigenvalue weighted by molar-refractivity contribution is 6.35. The largest absolute Gasteiger partial charge is 0.326 e. The molecule has 1 saturated carbocycles. The summed E-state index contributed by atoms with van der Waals surface area (Å²) in [4.78, 5) is 4.17. The number of nitrogens with two attached hydrogens (primary N) is 1. The number of imidazole rings is 1. The molecule has 1 fully saturated rings. The summed E-state index contributed by atoms with van der Waals surface area (Å²) in [6.45, 7) is 0. The highest BCUT2D eigenvalue weighted by atomic mass is 35.5. The van der Waals surface area contributed by atoms with Gasteiger partial charge >= 0.3 is 0 Å². The summed E-state index contributed by atoms with van der Waals surface area (Å²) < 4.78 is 2.07. The Labute approximate surface area is 109 Å². The molecule has 0 bridgehead atoms. The SMILES string of the molecule is NC1CC1n1cncc1-c1cc(Cl)ccc1Cl. The van der Waals surface area contributed by atoms with Gasteiger partial charge in [0.15, 0.2) is 0 Å². The van der Waals surface area contributed by atoms with Crippen LogP contribution in [-0.4, -0.2) is 15.6 Å². The summed E-state index contributed by atoms with van der Waals surface area (Å²) in [6.07, 6.45) is 4.58. The molecule has 88 valence electrons. The Morgan fingerprint density at radius 2 is 2.12 bits per heavy atom. The maximum absolute atomic E-state index is 6.19. The van der Waals surface area contributed by atoms with Crippen LogP contribution in [0.3, 0.4) is 0 Å². The first-order valence-electron chi connectivity index (χ1n) is 5.39. The average molecular weight is 268 g/mol. The predicted molar refractivity (Wildman–Crippen MR) is 69.3 cm³/mol. The quantitative estimate of drug-likeness (QED) is 0.909. The van der Waals surface area contributed by atoms with Gasteiger partial charge < -0.3 is 10.3 Å². The second-order valence-corrected chi connectivity index (χ2v) is 5.12. The lowest BCUT2D eigenvalue weighted by Gasteiger charge is -2.09. The second kappa shape index (κ2) is 4.02. The molecule has 0 spiro atoms. The molecular weight excluding hydrogens is 257 g/mol. The van der Waals surface area contributed by atoms with Gasteiger partial charge in [-0.3, -0.25) is 0 Å². The van der Waals surface area contributed by atoms with E-state index in [4.69, 9.17) is 28.9 Å². The van der Waals surface area contributed by atoms with Gasteiger partial charge in [0.05, 0.1) is 29.3 Å². The molecular formula is C12H11Cl2N3. The third kappa shape index (κ3) is 1.95. The van der Waals surface area contributed by atoms with E-state index in [0.717, 1.165) is 17.7 Å². The normalized spacial score (nSPS) is 22.8. The minimum atomic E-state index is 0.223. The van der Waals surface area contributed by atoms with Gasteiger partial charge in [-0.1, -0.05) is 23.2 Å². The molecule has 0 saturated heterocycles. The molecule has 1 aliphatic carbocycles. The van der Waals surface area contributed by atoms with Crippen LogP contribution in [0.15, 0.2) is 30.7 Å². The minimum Gasteiger partial charge on any atom is -0.326 e. The molecule has 3 rings (SSSR count). The highest BCUT2D eigenvalue weighted by Crippen LogP contribution is 2.39. The van der Waals surface area contributed by atoms with E-state index in [-0.39, 0.29) is 6.04 Å². The van der Waals surface area contributed by atoms with Crippen LogP contribution in [-0.2, 0) is 0 Å². The van der Waals surface area contributed by atoms with E-state index in [0.29, 0.717) is 16.1 Å². The summed E-state index contributed by atoms with van der Waals surface area (Å²) >= 11 is 12.2. The van der Waals surface area contributed by atoms with Gasteiger partial charge in [-0.15, -0.1) is 0 Å². The smallest absolute Gasteiger partial charge is 0.0954 e. The Kier molecular flexibility index (Phi) is 2.62. The number of nitrogens with zero attached hydrogens (tertiary/aromatic N) is 2. The fourth-order valence-electron chi connectivity index (χ4n) is 1.99. The third-order valence-corrected chi connectivity index (χ3v) is 3.60. The van der Waals surface area contributed by atoms with Crippen molar-refractivity contribution in [2.75, 3.05) is 0 Å². The zero-order valence-electron chi connectivity index (χ0n) is 8.98. The van der Waals surface area contributed by atoms with Crippen molar-refractivity contribution >= 4 is 23.2 Å². The second-order valence-electron chi connectivity index (χ2n) is 4.28. The van der Waals surface area contributed by atoms with Crippen LogP contribution >= 0.6 is 23.2 Å². The Balaban J connectivity index is 2.09. The van der Waals surface area contributed by atoms with Crippen molar-refractivity contribution in [2.45, 2.75) is 18.5 Å². The number of aromatic nitrogens is 2. The maximum Gasteiger partial charge on any atom is 0.0954 e. The van der Waals surface area contributed by atoms with E-state index in [2.05, 4.69) is 9.55 Å². The molecule has 1 aromatic carbocycles. The van der Waals surface area contributed by atoms with Crippen LogP contribution in [0.25, 0.3) is 11.3 Å². The van der Waals surface area contributed by atoms with Gasteiger partial charge in [0.25, 0.3) is 0 Å². The molecule has 2 unspecified atom stereocenters. The topological polar surface area (TPSA) is 43.8 Å². The summed E-state index contributed by atoms with van der Waals surface area (Å²) in [5, 5.41) is 1.34. The third-order valence-electron chi connectivity index (χ3n) is 3.03. The summed E-state index contributed by atoms with van der Waals surface area (Å²) in [7, 11) is 0. The molecule has 0 radical (unpaired) electrons. The van der Waals surface area contributed by atoms with Gasteiger partial charge in [-0.25, -0.2) is 4.98 Å². The number of rotatable bonds is 2. The lowest BCUT2D eigenvalue weighted by molar-refractivity contribution is 0.718. The first kappa shape index (κ1) is 11.1. The number of benzene rings is 1. The van der Waals surface area contributed by atoms with Crippen LogP contribution in [0.1, 0.15) is 12.5 Å². The zero-order valence-corrected chi connectivity index (χ0v) is 10.5. The number of hydrogen-bond donors (Lipinski definition) is 1. The zero-order chi connectivity index (χ0) is 12.0. The fourth-order valence-corrected chi connectivity index (χ4v) is 2.38.